The van der Waals surface area contributed by atoms with Gasteiger partial charge in [-0.1, -0.05) is 26.8 Å². The molecule has 0 saturated carbocycles. The maximum Gasteiger partial charge on any atom is 0.330 e. The third-order valence-corrected chi connectivity index (χ3v) is 2.58. The van der Waals surface area contributed by atoms with Gasteiger partial charge in [0.25, 0.3) is 0 Å². The van der Waals surface area contributed by atoms with E-state index in [-0.39, 0.29) is 31.7 Å². The number of aliphatic hydroxyl groups excluding tert-OH is 1. The highest BCUT2D eigenvalue weighted by molar-refractivity contribution is 5.81. The normalized spacial score (nSPS) is 13.5. The Bertz CT molecular complexity index is 275. The van der Waals surface area contributed by atoms with E-state index in [0.717, 1.165) is 12.5 Å². The predicted molar refractivity (Wildman–Crippen MR) is 66.8 cm³/mol. The molecular formula is C13H22O5. The molecule has 5 nitrogen and oxygen atoms in total. The zero-order chi connectivity index (χ0) is 14.0. The summed E-state index contributed by atoms with van der Waals surface area (Å²) in [5.41, 5.74) is 0. The molecule has 0 amide bonds. The van der Waals surface area contributed by atoms with Crippen LogP contribution in [0.15, 0.2) is 12.7 Å². The van der Waals surface area contributed by atoms with Crippen LogP contribution in [0.3, 0.4) is 0 Å². The minimum Gasteiger partial charge on any atom is -0.465 e. The molecule has 0 aliphatic heterocycles. The number of ether oxygens (including phenoxy) is 2. The van der Waals surface area contributed by atoms with Crippen molar-refractivity contribution in [3.05, 3.63) is 12.7 Å². The van der Waals surface area contributed by atoms with Crippen molar-refractivity contribution in [3.63, 3.8) is 0 Å². The second-order valence-corrected chi connectivity index (χ2v) is 4.28. The lowest BCUT2D eigenvalue weighted by atomic mass is 10.1. The minimum atomic E-state index is -0.556. The van der Waals surface area contributed by atoms with Gasteiger partial charge in [0.2, 0.25) is 0 Å². The van der Waals surface area contributed by atoms with E-state index in [9.17, 15) is 9.59 Å². The van der Waals surface area contributed by atoms with E-state index >= 15 is 0 Å². The Hall–Kier alpha value is -1.36. The molecule has 0 aliphatic carbocycles. The summed E-state index contributed by atoms with van der Waals surface area (Å²) in [6, 6.07) is 0. The van der Waals surface area contributed by atoms with Crippen molar-refractivity contribution in [2.45, 2.75) is 26.7 Å². The van der Waals surface area contributed by atoms with Gasteiger partial charge in [-0.3, -0.25) is 4.79 Å². The Morgan fingerprint density at radius 3 is 2.44 bits per heavy atom. The average Bonchev–Trinajstić information content (AvgIpc) is 2.38. The van der Waals surface area contributed by atoms with E-state index in [1.807, 2.05) is 13.8 Å². The summed E-state index contributed by atoms with van der Waals surface area (Å²) in [4.78, 5) is 22.2. The largest absolute Gasteiger partial charge is 0.465 e. The van der Waals surface area contributed by atoms with E-state index in [1.165, 1.54) is 0 Å². The monoisotopic (exact) mass is 258 g/mol. The molecule has 2 atom stereocenters. The lowest BCUT2D eigenvalue weighted by molar-refractivity contribution is -0.148. The van der Waals surface area contributed by atoms with Crippen LogP contribution in [0.1, 0.15) is 26.7 Å². The predicted octanol–water partition coefficient (Wildman–Crippen LogP) is 1.30. The summed E-state index contributed by atoms with van der Waals surface area (Å²) >= 11 is 0. The second kappa shape index (κ2) is 9.65. The summed E-state index contributed by atoms with van der Waals surface area (Å²) in [5, 5.41) is 9.04. The lowest BCUT2D eigenvalue weighted by Gasteiger charge is -2.15. The number of esters is 2. The molecule has 0 rings (SSSR count). The smallest absolute Gasteiger partial charge is 0.330 e. The first-order chi connectivity index (χ1) is 8.53. The summed E-state index contributed by atoms with van der Waals surface area (Å²) in [5.74, 6) is -0.962. The first-order valence-electron chi connectivity index (χ1n) is 6.09. The number of aliphatic hydroxyl groups is 1. The Kier molecular flexibility index (Phi) is 8.92. The maximum atomic E-state index is 11.4. The Balaban J connectivity index is 3.88. The van der Waals surface area contributed by atoms with Gasteiger partial charge in [0.15, 0.2) is 0 Å². The molecule has 1 N–H and O–H groups in total. The van der Waals surface area contributed by atoms with Gasteiger partial charge in [0.05, 0.1) is 25.7 Å². The number of hydrogen-bond donors (Lipinski definition) is 1. The van der Waals surface area contributed by atoms with E-state index < -0.39 is 11.9 Å². The fraction of sp³-hybridized carbons (Fsp3) is 0.692. The van der Waals surface area contributed by atoms with Crippen LogP contribution in [0.5, 0.6) is 0 Å². The molecule has 0 aromatic rings. The number of carbonyl (C=O) groups is 2. The molecule has 0 aliphatic rings. The molecule has 0 saturated heterocycles. The van der Waals surface area contributed by atoms with Crippen molar-refractivity contribution >= 4 is 11.9 Å². The van der Waals surface area contributed by atoms with Crippen molar-refractivity contribution in [3.8, 4) is 0 Å². The van der Waals surface area contributed by atoms with Crippen LogP contribution in [-0.2, 0) is 19.1 Å². The van der Waals surface area contributed by atoms with E-state index in [0.29, 0.717) is 6.42 Å². The lowest BCUT2D eigenvalue weighted by Crippen LogP contribution is -2.23. The first-order valence-corrected chi connectivity index (χ1v) is 6.09. The average molecular weight is 258 g/mol. The third kappa shape index (κ3) is 7.84. The quantitative estimate of drug-likeness (QED) is 0.498. The molecule has 0 radical (unpaired) electrons. The standard InChI is InChI=1S/C13H22O5/c1-4-10(3)6-13(16)18-9-11(7-14)8-17-12(15)5-2/h5,10-11,14H,2,4,6-9H2,1,3H3. The van der Waals surface area contributed by atoms with Crippen LogP contribution in [0.2, 0.25) is 0 Å². The zero-order valence-corrected chi connectivity index (χ0v) is 11.1. The second-order valence-electron chi connectivity index (χ2n) is 4.28. The van der Waals surface area contributed by atoms with Crippen LogP contribution >= 0.6 is 0 Å². The Labute approximate surface area is 108 Å². The molecule has 104 valence electrons. The highest BCUT2D eigenvalue weighted by Gasteiger charge is 2.14. The van der Waals surface area contributed by atoms with Crippen molar-refractivity contribution in [1.29, 1.82) is 0 Å². The van der Waals surface area contributed by atoms with Crippen LogP contribution in [0, 0.1) is 11.8 Å². The minimum absolute atomic E-state index is 0.0119. The van der Waals surface area contributed by atoms with E-state index in [1.54, 1.807) is 0 Å². The van der Waals surface area contributed by atoms with Gasteiger partial charge in [-0.15, -0.1) is 0 Å². The highest BCUT2D eigenvalue weighted by Crippen LogP contribution is 2.08. The van der Waals surface area contributed by atoms with Gasteiger partial charge in [0, 0.05) is 12.5 Å². The molecule has 0 spiro atoms. The molecular weight excluding hydrogens is 236 g/mol. The Morgan fingerprint density at radius 2 is 1.94 bits per heavy atom. The summed E-state index contributed by atoms with van der Waals surface area (Å²) in [6.07, 6.45) is 2.32. The SMILES string of the molecule is C=CC(=O)OCC(CO)COC(=O)CC(C)CC. The zero-order valence-electron chi connectivity index (χ0n) is 11.1. The summed E-state index contributed by atoms with van der Waals surface area (Å²) in [6.45, 7) is 7.09. The number of hydrogen-bond acceptors (Lipinski definition) is 5. The van der Waals surface area contributed by atoms with Crippen molar-refractivity contribution < 1.29 is 24.2 Å². The molecule has 18 heavy (non-hydrogen) atoms. The van der Waals surface area contributed by atoms with Gasteiger partial charge in [-0.2, -0.15) is 0 Å². The molecule has 0 bridgehead atoms. The summed E-state index contributed by atoms with van der Waals surface area (Å²) in [7, 11) is 0. The molecule has 0 aromatic carbocycles. The van der Waals surface area contributed by atoms with Crippen LogP contribution in [0.25, 0.3) is 0 Å². The number of carbonyl (C=O) groups excluding carboxylic acids is 2. The van der Waals surface area contributed by atoms with Crippen LogP contribution in [0.4, 0.5) is 0 Å². The fourth-order valence-electron chi connectivity index (χ4n) is 1.11. The Morgan fingerprint density at radius 1 is 1.33 bits per heavy atom. The van der Waals surface area contributed by atoms with E-state index in [4.69, 9.17) is 14.6 Å². The first kappa shape index (κ1) is 16.6. The fourth-order valence-corrected chi connectivity index (χ4v) is 1.11. The van der Waals surface area contributed by atoms with Gasteiger partial charge in [-0.25, -0.2) is 4.79 Å². The van der Waals surface area contributed by atoms with Crippen LogP contribution in [-0.4, -0.2) is 36.9 Å². The van der Waals surface area contributed by atoms with Gasteiger partial charge in [-0.05, 0) is 5.92 Å². The third-order valence-electron chi connectivity index (χ3n) is 2.58. The van der Waals surface area contributed by atoms with E-state index in [2.05, 4.69) is 6.58 Å². The van der Waals surface area contributed by atoms with Gasteiger partial charge < -0.3 is 14.6 Å². The van der Waals surface area contributed by atoms with Gasteiger partial charge >= 0.3 is 11.9 Å². The maximum absolute atomic E-state index is 11.4. The van der Waals surface area contributed by atoms with Crippen LogP contribution < -0.4 is 0 Å². The van der Waals surface area contributed by atoms with Crippen molar-refractivity contribution in [2.75, 3.05) is 19.8 Å². The number of rotatable bonds is 9. The molecule has 5 heteroatoms. The molecule has 2 unspecified atom stereocenters. The van der Waals surface area contributed by atoms with Crippen molar-refractivity contribution in [1.82, 2.24) is 0 Å². The van der Waals surface area contributed by atoms with Crippen molar-refractivity contribution in [2.24, 2.45) is 11.8 Å². The van der Waals surface area contributed by atoms with Gasteiger partial charge in [0.1, 0.15) is 0 Å². The summed E-state index contributed by atoms with van der Waals surface area (Å²) < 4.78 is 9.79. The molecule has 0 heterocycles. The molecule has 0 fully saturated rings. The highest BCUT2D eigenvalue weighted by atomic mass is 16.5. The topological polar surface area (TPSA) is 72.8 Å². The molecule has 0 aromatic heterocycles.